The topological polar surface area (TPSA) is 81.3 Å². The van der Waals surface area contributed by atoms with Crippen LogP contribution in [0, 0.1) is 6.92 Å². The lowest BCUT2D eigenvalue weighted by molar-refractivity contribution is 0.313. The molecule has 1 heterocycles. The first-order chi connectivity index (χ1) is 13.9. The fourth-order valence-corrected chi connectivity index (χ4v) is 3.11. The first kappa shape index (κ1) is 22.1. The Morgan fingerprint density at radius 2 is 1.79 bits per heavy atom. The molecule has 4 heteroatoms. The second-order valence-corrected chi connectivity index (χ2v) is 7.21. The number of benzene rings is 2. The Morgan fingerprint density at radius 3 is 2.48 bits per heavy atom. The van der Waals surface area contributed by atoms with Gasteiger partial charge in [0.1, 0.15) is 0 Å². The molecular weight excluding hydrogens is 356 g/mol. The van der Waals surface area contributed by atoms with Crippen LogP contribution < -0.4 is 17.2 Å². The van der Waals surface area contributed by atoms with E-state index in [1.807, 2.05) is 18.2 Å². The first-order valence-electron chi connectivity index (χ1n) is 9.74. The molecule has 0 fully saturated rings. The third-order valence-corrected chi connectivity index (χ3v) is 4.80. The third-order valence-electron chi connectivity index (χ3n) is 4.80. The van der Waals surface area contributed by atoms with Crippen LogP contribution in [0.15, 0.2) is 79.2 Å². The Bertz CT molecular complexity index is 918. The van der Waals surface area contributed by atoms with Gasteiger partial charge < -0.3 is 22.1 Å². The second-order valence-electron chi connectivity index (χ2n) is 7.21. The number of allylic oxidation sites excluding steroid dienone is 4. The molecule has 0 spiro atoms. The van der Waals surface area contributed by atoms with Crippen LogP contribution in [0.25, 0.3) is 11.8 Å². The zero-order chi connectivity index (χ0) is 21.2. The molecule has 6 N–H and O–H groups in total. The van der Waals surface area contributed by atoms with Crippen molar-refractivity contribution in [1.29, 1.82) is 0 Å². The van der Waals surface area contributed by atoms with Crippen molar-refractivity contribution in [2.45, 2.75) is 19.9 Å². The van der Waals surface area contributed by atoms with Gasteiger partial charge in [-0.2, -0.15) is 0 Å². The van der Waals surface area contributed by atoms with E-state index in [1.165, 1.54) is 22.3 Å². The molecule has 0 saturated carbocycles. The summed E-state index contributed by atoms with van der Waals surface area (Å²) in [4.78, 5) is 2.31. The maximum absolute atomic E-state index is 6.00. The molecule has 3 rings (SSSR count). The lowest BCUT2D eigenvalue weighted by Gasteiger charge is -2.25. The molecule has 29 heavy (non-hydrogen) atoms. The van der Waals surface area contributed by atoms with Crippen molar-refractivity contribution < 1.29 is 0 Å². The van der Waals surface area contributed by atoms with Crippen LogP contribution in [-0.2, 0) is 13.0 Å². The summed E-state index contributed by atoms with van der Waals surface area (Å²) in [7, 11) is 2.13. The predicted octanol–water partition coefficient (Wildman–Crippen LogP) is 3.93. The molecule has 0 bridgehead atoms. The van der Waals surface area contributed by atoms with Crippen molar-refractivity contribution in [3.63, 3.8) is 0 Å². The minimum Gasteiger partial charge on any atom is -0.398 e. The highest BCUT2D eigenvalue weighted by atomic mass is 15.1. The monoisotopic (exact) mass is 388 g/mol. The van der Waals surface area contributed by atoms with E-state index in [0.29, 0.717) is 5.70 Å². The van der Waals surface area contributed by atoms with Gasteiger partial charge in [0.15, 0.2) is 0 Å². The van der Waals surface area contributed by atoms with E-state index in [4.69, 9.17) is 17.2 Å². The Labute approximate surface area is 174 Å². The molecule has 1 aliphatic rings. The van der Waals surface area contributed by atoms with Gasteiger partial charge in [0.05, 0.1) is 5.82 Å². The van der Waals surface area contributed by atoms with Gasteiger partial charge in [0, 0.05) is 18.8 Å². The molecule has 0 radical (unpaired) electrons. The van der Waals surface area contributed by atoms with Crippen molar-refractivity contribution >= 4 is 11.8 Å². The largest absolute Gasteiger partial charge is 0.398 e. The molecule has 0 unspecified atom stereocenters. The van der Waals surface area contributed by atoms with Crippen LogP contribution in [0.1, 0.15) is 27.8 Å². The summed E-state index contributed by atoms with van der Waals surface area (Å²) in [6.45, 7) is 7.81. The van der Waals surface area contributed by atoms with Gasteiger partial charge in [-0.1, -0.05) is 61.2 Å². The van der Waals surface area contributed by atoms with Gasteiger partial charge in [0.25, 0.3) is 0 Å². The van der Waals surface area contributed by atoms with E-state index >= 15 is 0 Å². The van der Waals surface area contributed by atoms with Crippen molar-refractivity contribution in [3.05, 3.63) is 107 Å². The van der Waals surface area contributed by atoms with E-state index in [0.717, 1.165) is 25.1 Å². The normalized spacial score (nSPS) is 13.9. The van der Waals surface area contributed by atoms with E-state index in [2.05, 4.69) is 61.9 Å². The quantitative estimate of drug-likeness (QED) is 0.693. The average Bonchev–Trinajstić information content (AvgIpc) is 2.71. The number of fused-ring (bicyclic) bond motifs is 1. The van der Waals surface area contributed by atoms with Crippen molar-refractivity contribution in [1.82, 2.24) is 4.90 Å². The molecule has 4 nitrogen and oxygen atoms in total. The van der Waals surface area contributed by atoms with Gasteiger partial charge in [-0.25, -0.2) is 0 Å². The molecule has 0 atom stereocenters. The zero-order valence-electron chi connectivity index (χ0n) is 17.4. The Hall–Kier alpha value is -3.24. The van der Waals surface area contributed by atoms with Gasteiger partial charge >= 0.3 is 0 Å². The molecule has 0 aliphatic carbocycles. The number of hydrogen-bond acceptors (Lipinski definition) is 4. The highest BCUT2D eigenvalue weighted by molar-refractivity contribution is 5.65. The van der Waals surface area contributed by atoms with Gasteiger partial charge in [-0.15, -0.1) is 0 Å². The summed E-state index contributed by atoms with van der Waals surface area (Å²) in [5, 5.41) is 0. The van der Waals surface area contributed by atoms with E-state index in [-0.39, 0.29) is 5.82 Å². The van der Waals surface area contributed by atoms with Gasteiger partial charge in [0.2, 0.25) is 0 Å². The number of nitrogens with two attached hydrogens (primary N) is 3. The van der Waals surface area contributed by atoms with Crippen LogP contribution in [0.5, 0.6) is 0 Å². The highest BCUT2D eigenvalue weighted by Gasteiger charge is 2.13. The fourth-order valence-electron chi connectivity index (χ4n) is 3.11. The molecular formula is C25H32N4. The Balaban J connectivity index is 0.000000234. The van der Waals surface area contributed by atoms with E-state index in [9.17, 15) is 0 Å². The lowest BCUT2D eigenvalue weighted by Crippen LogP contribution is -2.26. The molecule has 152 valence electrons. The van der Waals surface area contributed by atoms with Crippen LogP contribution in [-0.4, -0.2) is 18.5 Å². The summed E-state index contributed by atoms with van der Waals surface area (Å²) < 4.78 is 0. The van der Waals surface area contributed by atoms with Crippen molar-refractivity contribution in [2.75, 3.05) is 13.6 Å². The molecule has 1 aliphatic heterocycles. The van der Waals surface area contributed by atoms with Crippen molar-refractivity contribution in [3.8, 4) is 0 Å². The van der Waals surface area contributed by atoms with Crippen LogP contribution in [0.3, 0.4) is 0 Å². The SMILES string of the molecule is C=C/C=C\c1ccccc1C.CN1CCc2ccc(/C(N)=C/C=C(N)N)cc2C1. The molecule has 2 aromatic rings. The van der Waals surface area contributed by atoms with Crippen LogP contribution >= 0.6 is 0 Å². The highest BCUT2D eigenvalue weighted by Crippen LogP contribution is 2.21. The fraction of sp³-hybridized carbons (Fsp3) is 0.200. The maximum atomic E-state index is 6.00. The second kappa shape index (κ2) is 10.9. The number of hydrogen-bond donors (Lipinski definition) is 3. The van der Waals surface area contributed by atoms with Crippen LogP contribution in [0.4, 0.5) is 0 Å². The number of likely N-dealkylation sites (N-methyl/N-ethyl adjacent to an activating group) is 1. The molecule has 0 amide bonds. The Morgan fingerprint density at radius 1 is 1.03 bits per heavy atom. The zero-order valence-corrected chi connectivity index (χ0v) is 17.4. The first-order valence-corrected chi connectivity index (χ1v) is 9.74. The Kier molecular flexibility index (Phi) is 8.31. The summed E-state index contributed by atoms with van der Waals surface area (Å²) in [5.41, 5.74) is 23.8. The average molecular weight is 389 g/mol. The summed E-state index contributed by atoms with van der Waals surface area (Å²) in [5.74, 6) is 0.260. The summed E-state index contributed by atoms with van der Waals surface area (Å²) >= 11 is 0. The molecule has 0 aromatic heterocycles. The van der Waals surface area contributed by atoms with Crippen LogP contribution in [0.2, 0.25) is 0 Å². The maximum Gasteiger partial charge on any atom is 0.0934 e. The van der Waals surface area contributed by atoms with Gasteiger partial charge in [-0.05, 0) is 66.4 Å². The summed E-state index contributed by atoms with van der Waals surface area (Å²) in [6, 6.07) is 14.6. The van der Waals surface area contributed by atoms with E-state index < -0.39 is 0 Å². The predicted molar refractivity (Wildman–Crippen MR) is 126 cm³/mol. The third kappa shape index (κ3) is 7.01. The minimum atomic E-state index is 0.260. The number of nitrogens with zero attached hydrogens (tertiary/aromatic N) is 1. The lowest BCUT2D eigenvalue weighted by atomic mass is 9.96. The minimum absolute atomic E-state index is 0.260. The molecule has 2 aromatic carbocycles. The molecule has 0 saturated heterocycles. The number of aryl methyl sites for hydroxylation is 1. The van der Waals surface area contributed by atoms with Gasteiger partial charge in [-0.3, -0.25) is 0 Å². The number of rotatable bonds is 4. The van der Waals surface area contributed by atoms with Crippen molar-refractivity contribution in [2.24, 2.45) is 17.2 Å². The standard InChI is InChI=1S/C14H20N4.C11H12/c1-18-7-6-10-2-3-11(8-12(10)9-18)13(15)4-5-14(16)17;1-3-4-8-11-9-6-5-7-10(11)2/h2-5,8H,6-7,9,15-17H2,1H3;3-9H,1H2,2H3/b13-4-;8-4-. The van der Waals surface area contributed by atoms with E-state index in [1.54, 1.807) is 18.2 Å². The smallest absolute Gasteiger partial charge is 0.0934 e. The summed E-state index contributed by atoms with van der Waals surface area (Å²) in [6.07, 6.45) is 10.2.